The molecule has 1 heterocycles. The highest BCUT2D eigenvalue weighted by Crippen LogP contribution is 2.34. The third kappa shape index (κ3) is 2.89. The van der Waals surface area contributed by atoms with E-state index in [2.05, 4.69) is 10.3 Å². The average Bonchev–Trinajstić information content (AvgIpc) is 2.76. The smallest absolute Gasteiger partial charge is 0.126 e. The number of nitrogens with one attached hydrogen (secondary N) is 1. The molecule has 1 atom stereocenters. The minimum atomic E-state index is -0.448. The van der Waals surface area contributed by atoms with Crippen molar-refractivity contribution in [3.63, 3.8) is 0 Å². The molecule has 0 saturated carbocycles. The van der Waals surface area contributed by atoms with Gasteiger partial charge in [0.1, 0.15) is 5.82 Å². The maximum absolute atomic E-state index is 13.0. The van der Waals surface area contributed by atoms with Gasteiger partial charge in [-0.25, -0.2) is 4.39 Å². The van der Waals surface area contributed by atoms with Gasteiger partial charge in [-0.3, -0.25) is 4.98 Å². The summed E-state index contributed by atoms with van der Waals surface area (Å²) in [6.45, 7) is 1.96. The van der Waals surface area contributed by atoms with Crippen LogP contribution in [0.3, 0.4) is 0 Å². The number of rotatable bonds is 3. The van der Waals surface area contributed by atoms with Crippen molar-refractivity contribution in [2.45, 2.75) is 13.0 Å². The topological polar surface area (TPSA) is 24.9 Å². The first kappa shape index (κ1) is 12.6. The lowest BCUT2D eigenvalue weighted by Gasteiger charge is -2.16. The van der Waals surface area contributed by atoms with Gasteiger partial charge in [0, 0.05) is 11.1 Å². The molecule has 17 heavy (non-hydrogen) atoms. The standard InChI is InChI=1S/C11H9Cl2FN2S/c1-6(10-4-15-5-17-10)16-11-8(12)2-7(14)3-9(11)13/h2-6,16H,1H3. The number of hydrogen-bond acceptors (Lipinski definition) is 3. The van der Waals surface area contributed by atoms with Crippen LogP contribution in [0.4, 0.5) is 10.1 Å². The van der Waals surface area contributed by atoms with Crippen molar-refractivity contribution in [3.8, 4) is 0 Å². The van der Waals surface area contributed by atoms with Gasteiger partial charge in [0.15, 0.2) is 0 Å². The van der Waals surface area contributed by atoms with E-state index in [4.69, 9.17) is 23.2 Å². The summed E-state index contributed by atoms with van der Waals surface area (Å²) >= 11 is 13.4. The van der Waals surface area contributed by atoms with Gasteiger partial charge in [0.2, 0.25) is 0 Å². The van der Waals surface area contributed by atoms with Crippen LogP contribution in [-0.4, -0.2) is 4.98 Å². The van der Waals surface area contributed by atoms with E-state index < -0.39 is 5.82 Å². The molecule has 6 heteroatoms. The van der Waals surface area contributed by atoms with E-state index in [1.165, 1.54) is 23.5 Å². The number of benzene rings is 1. The van der Waals surface area contributed by atoms with Crippen LogP contribution in [-0.2, 0) is 0 Å². The number of anilines is 1. The molecule has 0 amide bonds. The lowest BCUT2D eigenvalue weighted by atomic mass is 10.2. The summed E-state index contributed by atoms with van der Waals surface area (Å²) in [7, 11) is 0. The molecular formula is C11H9Cl2FN2S. The molecule has 1 aromatic carbocycles. The Morgan fingerprint density at radius 1 is 1.35 bits per heavy atom. The van der Waals surface area contributed by atoms with E-state index in [0.717, 1.165) is 4.88 Å². The zero-order valence-corrected chi connectivity index (χ0v) is 11.2. The molecule has 0 aliphatic heterocycles. The van der Waals surface area contributed by atoms with Gasteiger partial charge < -0.3 is 5.32 Å². The van der Waals surface area contributed by atoms with Crippen LogP contribution in [0.15, 0.2) is 23.8 Å². The van der Waals surface area contributed by atoms with Crippen molar-refractivity contribution in [1.29, 1.82) is 0 Å². The summed E-state index contributed by atoms with van der Waals surface area (Å²) in [6, 6.07) is 2.48. The SMILES string of the molecule is CC(Nc1c(Cl)cc(F)cc1Cl)c1cncs1. The summed E-state index contributed by atoms with van der Waals surface area (Å²) in [4.78, 5) is 5.05. The van der Waals surface area contributed by atoms with Gasteiger partial charge in [-0.15, -0.1) is 11.3 Å². The molecule has 0 radical (unpaired) electrons. The first-order valence-electron chi connectivity index (χ1n) is 4.87. The van der Waals surface area contributed by atoms with E-state index in [9.17, 15) is 4.39 Å². The predicted octanol–water partition coefficient (Wildman–Crippen LogP) is 4.76. The highest BCUT2D eigenvalue weighted by Gasteiger charge is 2.13. The fraction of sp³-hybridized carbons (Fsp3) is 0.182. The Morgan fingerprint density at radius 3 is 2.53 bits per heavy atom. The molecule has 0 spiro atoms. The molecule has 1 N–H and O–H groups in total. The zero-order valence-electron chi connectivity index (χ0n) is 8.88. The third-order valence-corrected chi connectivity index (χ3v) is 3.80. The summed E-state index contributed by atoms with van der Waals surface area (Å²) in [5.41, 5.74) is 2.29. The molecule has 2 rings (SSSR count). The van der Waals surface area contributed by atoms with Gasteiger partial charge in [-0.2, -0.15) is 0 Å². The molecule has 1 aromatic heterocycles. The first-order chi connectivity index (χ1) is 8.08. The number of thiazole rings is 1. The van der Waals surface area contributed by atoms with Crippen LogP contribution in [0, 0.1) is 5.82 Å². The minimum Gasteiger partial charge on any atom is -0.375 e. The average molecular weight is 291 g/mol. The highest BCUT2D eigenvalue weighted by molar-refractivity contribution is 7.09. The molecule has 1 unspecified atom stereocenters. The van der Waals surface area contributed by atoms with Crippen LogP contribution in [0.2, 0.25) is 10.0 Å². The molecule has 0 aliphatic rings. The van der Waals surface area contributed by atoms with Crippen molar-refractivity contribution in [2.75, 3.05) is 5.32 Å². The molecular weight excluding hydrogens is 282 g/mol. The third-order valence-electron chi connectivity index (χ3n) is 2.25. The summed E-state index contributed by atoms with van der Waals surface area (Å²) < 4.78 is 13.0. The predicted molar refractivity (Wildman–Crippen MR) is 70.6 cm³/mol. The molecule has 0 aliphatic carbocycles. The molecule has 0 saturated heterocycles. The number of nitrogens with zero attached hydrogens (tertiary/aromatic N) is 1. The van der Waals surface area contributed by atoms with Gasteiger partial charge in [0.05, 0.1) is 27.3 Å². The summed E-state index contributed by atoms with van der Waals surface area (Å²) in [5, 5.41) is 3.69. The molecule has 0 fully saturated rings. The van der Waals surface area contributed by atoms with Gasteiger partial charge >= 0.3 is 0 Å². The van der Waals surface area contributed by atoms with Crippen LogP contribution in [0.5, 0.6) is 0 Å². The summed E-state index contributed by atoms with van der Waals surface area (Å²) in [5.74, 6) is -0.448. The van der Waals surface area contributed by atoms with E-state index in [1.54, 1.807) is 11.7 Å². The second kappa shape index (κ2) is 5.21. The van der Waals surface area contributed by atoms with E-state index in [1.807, 2.05) is 6.92 Å². The van der Waals surface area contributed by atoms with E-state index >= 15 is 0 Å². The number of halogens is 3. The Bertz CT molecular complexity index is 493. The Labute approximate surface area is 112 Å². The van der Waals surface area contributed by atoms with E-state index in [0.29, 0.717) is 5.69 Å². The Balaban J connectivity index is 2.25. The van der Waals surface area contributed by atoms with Gasteiger partial charge in [-0.05, 0) is 19.1 Å². The zero-order chi connectivity index (χ0) is 12.4. The van der Waals surface area contributed by atoms with Crippen molar-refractivity contribution >= 4 is 40.2 Å². The minimum absolute atomic E-state index is 0.0166. The van der Waals surface area contributed by atoms with Crippen LogP contribution in [0.25, 0.3) is 0 Å². The fourth-order valence-electron chi connectivity index (χ4n) is 1.41. The maximum Gasteiger partial charge on any atom is 0.126 e. The fourth-order valence-corrected chi connectivity index (χ4v) is 2.60. The highest BCUT2D eigenvalue weighted by atomic mass is 35.5. The first-order valence-corrected chi connectivity index (χ1v) is 6.51. The summed E-state index contributed by atoms with van der Waals surface area (Å²) in [6.07, 6.45) is 1.77. The lowest BCUT2D eigenvalue weighted by Crippen LogP contribution is -2.06. The molecule has 2 nitrogen and oxygen atoms in total. The Hall–Kier alpha value is -0.840. The Kier molecular flexibility index (Phi) is 3.86. The van der Waals surface area contributed by atoms with Gasteiger partial charge in [0.25, 0.3) is 0 Å². The number of hydrogen-bond donors (Lipinski definition) is 1. The molecule has 2 aromatic rings. The van der Waals surface area contributed by atoms with Gasteiger partial charge in [-0.1, -0.05) is 23.2 Å². The lowest BCUT2D eigenvalue weighted by molar-refractivity contribution is 0.628. The molecule has 90 valence electrons. The quantitative estimate of drug-likeness (QED) is 0.881. The maximum atomic E-state index is 13.0. The number of aromatic nitrogens is 1. The second-order valence-electron chi connectivity index (χ2n) is 3.51. The van der Waals surface area contributed by atoms with Crippen molar-refractivity contribution in [1.82, 2.24) is 4.98 Å². The molecule has 0 bridgehead atoms. The largest absolute Gasteiger partial charge is 0.375 e. The monoisotopic (exact) mass is 290 g/mol. The Morgan fingerprint density at radius 2 is 2.00 bits per heavy atom. The second-order valence-corrected chi connectivity index (χ2v) is 5.25. The normalized spacial score (nSPS) is 12.5. The van der Waals surface area contributed by atoms with E-state index in [-0.39, 0.29) is 16.1 Å². The van der Waals surface area contributed by atoms with Crippen molar-refractivity contribution < 1.29 is 4.39 Å². The van der Waals surface area contributed by atoms with Crippen molar-refractivity contribution in [2.24, 2.45) is 0 Å². The van der Waals surface area contributed by atoms with Crippen LogP contribution >= 0.6 is 34.5 Å². The van der Waals surface area contributed by atoms with Crippen LogP contribution in [0.1, 0.15) is 17.8 Å². The van der Waals surface area contributed by atoms with Crippen molar-refractivity contribution in [3.05, 3.63) is 44.6 Å². The van der Waals surface area contributed by atoms with Crippen LogP contribution < -0.4 is 5.32 Å².